The lowest BCUT2D eigenvalue weighted by molar-refractivity contribution is -0.137. The molecule has 116 valence electrons. The van der Waals surface area contributed by atoms with Gasteiger partial charge in [-0.15, -0.1) is 11.3 Å². The van der Waals surface area contributed by atoms with E-state index < -0.39 is 5.97 Å². The summed E-state index contributed by atoms with van der Waals surface area (Å²) in [5.74, 6) is -0.806. The lowest BCUT2D eigenvalue weighted by Crippen LogP contribution is -2.36. The monoisotopic (exact) mass is 311 g/mol. The van der Waals surface area contributed by atoms with Crippen molar-refractivity contribution in [2.45, 2.75) is 57.9 Å². The highest BCUT2D eigenvalue weighted by Crippen LogP contribution is 2.29. The molecular formula is C14H21N3O3S. The molecule has 1 unspecified atom stereocenters. The molecule has 6 nitrogen and oxygen atoms in total. The van der Waals surface area contributed by atoms with E-state index in [4.69, 9.17) is 5.11 Å². The molecule has 1 aliphatic carbocycles. The van der Waals surface area contributed by atoms with Crippen LogP contribution >= 0.6 is 11.3 Å². The number of nitrogens with one attached hydrogen (secondary N) is 2. The van der Waals surface area contributed by atoms with Gasteiger partial charge in [0.25, 0.3) is 0 Å². The fourth-order valence-electron chi connectivity index (χ4n) is 2.39. The van der Waals surface area contributed by atoms with Crippen molar-refractivity contribution in [2.75, 3.05) is 5.32 Å². The molecule has 7 heteroatoms. The molecule has 0 saturated carbocycles. The van der Waals surface area contributed by atoms with E-state index >= 15 is 0 Å². The first-order valence-corrected chi connectivity index (χ1v) is 8.14. The maximum absolute atomic E-state index is 11.9. The SMILES string of the molecule is CC(CCCC(=O)O)NC(=O)Nc1nc2c(s1)CCCC2. The molecule has 1 aliphatic rings. The number of urea groups is 1. The van der Waals surface area contributed by atoms with E-state index in [0.29, 0.717) is 18.0 Å². The number of hydrogen-bond acceptors (Lipinski definition) is 4. The van der Waals surface area contributed by atoms with Crippen LogP contribution in [0.1, 0.15) is 49.6 Å². The number of nitrogens with zero attached hydrogens (tertiary/aromatic N) is 1. The summed E-state index contributed by atoms with van der Waals surface area (Å²) >= 11 is 1.55. The van der Waals surface area contributed by atoms with Crippen molar-refractivity contribution in [3.8, 4) is 0 Å². The number of aryl methyl sites for hydroxylation is 2. The lowest BCUT2D eigenvalue weighted by Gasteiger charge is -2.13. The van der Waals surface area contributed by atoms with Crippen LogP contribution < -0.4 is 10.6 Å². The van der Waals surface area contributed by atoms with Gasteiger partial charge in [-0.3, -0.25) is 10.1 Å². The second-order valence-electron chi connectivity index (χ2n) is 5.38. The second-order valence-corrected chi connectivity index (χ2v) is 6.47. The minimum Gasteiger partial charge on any atom is -0.481 e. The zero-order valence-electron chi connectivity index (χ0n) is 12.1. The van der Waals surface area contributed by atoms with Crippen molar-refractivity contribution < 1.29 is 14.7 Å². The standard InChI is InChI=1S/C14H21N3O3S/c1-9(5-4-8-12(18)19)15-13(20)17-14-16-10-6-2-3-7-11(10)21-14/h9H,2-8H2,1H3,(H,18,19)(H2,15,16,17,20). The Kier molecular flexibility index (Phi) is 5.55. The van der Waals surface area contributed by atoms with Gasteiger partial charge in [0.05, 0.1) is 5.69 Å². The highest BCUT2D eigenvalue weighted by molar-refractivity contribution is 7.15. The molecule has 2 rings (SSSR count). The van der Waals surface area contributed by atoms with Gasteiger partial charge in [-0.1, -0.05) is 0 Å². The largest absolute Gasteiger partial charge is 0.481 e. The van der Waals surface area contributed by atoms with Crippen LogP contribution in [0.3, 0.4) is 0 Å². The first-order chi connectivity index (χ1) is 10.0. The molecule has 0 aromatic carbocycles. The summed E-state index contributed by atoms with van der Waals surface area (Å²) in [6.45, 7) is 1.87. The van der Waals surface area contributed by atoms with Crippen molar-refractivity contribution in [3.63, 3.8) is 0 Å². The van der Waals surface area contributed by atoms with E-state index in [1.54, 1.807) is 11.3 Å². The number of carbonyl (C=O) groups is 2. The first-order valence-electron chi connectivity index (χ1n) is 7.32. The minimum absolute atomic E-state index is 0.0565. The third-order valence-electron chi connectivity index (χ3n) is 3.47. The zero-order chi connectivity index (χ0) is 15.2. The highest BCUT2D eigenvalue weighted by atomic mass is 32.1. The number of anilines is 1. The fourth-order valence-corrected chi connectivity index (χ4v) is 3.44. The van der Waals surface area contributed by atoms with E-state index in [0.717, 1.165) is 18.5 Å². The number of aromatic nitrogens is 1. The summed E-state index contributed by atoms with van der Waals surface area (Å²) in [5.41, 5.74) is 1.12. The maximum atomic E-state index is 11.9. The van der Waals surface area contributed by atoms with E-state index in [9.17, 15) is 9.59 Å². The average molecular weight is 311 g/mol. The van der Waals surface area contributed by atoms with Gasteiger partial charge in [-0.05, 0) is 45.4 Å². The number of fused-ring (bicyclic) bond motifs is 1. The fraction of sp³-hybridized carbons (Fsp3) is 0.643. The van der Waals surface area contributed by atoms with E-state index in [1.807, 2.05) is 6.92 Å². The molecule has 2 amide bonds. The molecule has 0 fully saturated rings. The summed E-state index contributed by atoms with van der Waals surface area (Å²) in [5, 5.41) is 14.8. The van der Waals surface area contributed by atoms with Crippen LogP contribution in [0.5, 0.6) is 0 Å². The Morgan fingerprint density at radius 2 is 2.14 bits per heavy atom. The molecule has 1 atom stereocenters. The van der Waals surface area contributed by atoms with Crippen LogP contribution in [0, 0.1) is 0 Å². The first kappa shape index (κ1) is 15.8. The molecule has 1 aromatic heterocycles. The van der Waals surface area contributed by atoms with Gasteiger partial charge >= 0.3 is 12.0 Å². The summed E-state index contributed by atoms with van der Waals surface area (Å²) in [6, 6.07) is -0.331. The number of thiazole rings is 1. The molecule has 0 saturated heterocycles. The maximum Gasteiger partial charge on any atom is 0.321 e. The molecular weight excluding hydrogens is 290 g/mol. The van der Waals surface area contributed by atoms with Crippen molar-refractivity contribution in [1.29, 1.82) is 0 Å². The van der Waals surface area contributed by atoms with Gasteiger partial charge in [0.2, 0.25) is 0 Å². The Morgan fingerprint density at radius 1 is 1.38 bits per heavy atom. The number of carboxylic acid groups (broad SMARTS) is 1. The summed E-state index contributed by atoms with van der Waals surface area (Å²) in [4.78, 5) is 28.0. The number of rotatable bonds is 6. The van der Waals surface area contributed by atoms with E-state index in [1.165, 1.54) is 17.7 Å². The lowest BCUT2D eigenvalue weighted by atomic mass is 10.0. The second kappa shape index (κ2) is 7.40. The van der Waals surface area contributed by atoms with E-state index in [2.05, 4.69) is 15.6 Å². The quantitative estimate of drug-likeness (QED) is 0.753. The molecule has 0 aliphatic heterocycles. The van der Waals surface area contributed by atoms with Crippen LogP contribution in [-0.4, -0.2) is 28.1 Å². The average Bonchev–Trinajstić information content (AvgIpc) is 2.79. The Balaban J connectivity index is 1.76. The van der Waals surface area contributed by atoms with Gasteiger partial charge in [0.15, 0.2) is 5.13 Å². The Bertz CT molecular complexity index is 492. The number of aliphatic carboxylic acids is 1. The van der Waals surface area contributed by atoms with Crippen molar-refractivity contribution >= 4 is 28.5 Å². The van der Waals surface area contributed by atoms with Gasteiger partial charge in [-0.2, -0.15) is 0 Å². The summed E-state index contributed by atoms with van der Waals surface area (Å²) in [6.07, 6.45) is 5.76. The molecule has 0 spiro atoms. The number of carbonyl (C=O) groups excluding carboxylic acids is 1. The van der Waals surface area contributed by atoms with Gasteiger partial charge < -0.3 is 10.4 Å². The molecule has 1 aromatic rings. The zero-order valence-corrected chi connectivity index (χ0v) is 13.0. The smallest absolute Gasteiger partial charge is 0.321 e. The third-order valence-corrected chi connectivity index (χ3v) is 4.54. The van der Waals surface area contributed by atoms with Crippen LogP contribution in [-0.2, 0) is 17.6 Å². The normalized spacial score (nSPS) is 15.1. The van der Waals surface area contributed by atoms with Gasteiger partial charge in [0.1, 0.15) is 0 Å². The predicted octanol–water partition coefficient (Wildman–Crippen LogP) is 2.79. The highest BCUT2D eigenvalue weighted by Gasteiger charge is 2.16. The van der Waals surface area contributed by atoms with Crippen molar-refractivity contribution in [1.82, 2.24) is 10.3 Å². The van der Waals surface area contributed by atoms with E-state index in [-0.39, 0.29) is 18.5 Å². The number of amides is 2. The molecule has 3 N–H and O–H groups in total. The molecule has 0 bridgehead atoms. The third kappa shape index (κ3) is 5.00. The van der Waals surface area contributed by atoms with Crippen LogP contribution in [0.15, 0.2) is 0 Å². The Morgan fingerprint density at radius 3 is 2.86 bits per heavy atom. The Labute approximate surface area is 128 Å². The van der Waals surface area contributed by atoms with Crippen LogP contribution in [0.2, 0.25) is 0 Å². The van der Waals surface area contributed by atoms with Crippen LogP contribution in [0.25, 0.3) is 0 Å². The molecule has 1 heterocycles. The van der Waals surface area contributed by atoms with Crippen molar-refractivity contribution in [2.24, 2.45) is 0 Å². The van der Waals surface area contributed by atoms with Crippen LogP contribution in [0.4, 0.5) is 9.93 Å². The number of hydrogen-bond donors (Lipinski definition) is 3. The molecule has 0 radical (unpaired) electrons. The van der Waals surface area contributed by atoms with Gasteiger partial charge in [0, 0.05) is 17.3 Å². The van der Waals surface area contributed by atoms with Crippen molar-refractivity contribution in [3.05, 3.63) is 10.6 Å². The Hall–Kier alpha value is -1.63. The minimum atomic E-state index is -0.806. The number of carboxylic acids is 1. The van der Waals surface area contributed by atoms with Gasteiger partial charge in [-0.25, -0.2) is 9.78 Å². The topological polar surface area (TPSA) is 91.3 Å². The summed E-state index contributed by atoms with van der Waals surface area (Å²) < 4.78 is 0. The molecule has 21 heavy (non-hydrogen) atoms. The summed E-state index contributed by atoms with van der Waals surface area (Å²) in [7, 11) is 0. The predicted molar refractivity (Wildman–Crippen MR) is 81.9 cm³/mol.